The van der Waals surface area contributed by atoms with Crippen molar-refractivity contribution in [1.82, 2.24) is 0 Å². The number of carbonyl (C=O) groups is 1. The molecule has 1 saturated carbocycles. The van der Waals surface area contributed by atoms with E-state index in [4.69, 9.17) is 4.74 Å². The molecule has 2 aromatic rings. The van der Waals surface area contributed by atoms with Crippen LogP contribution in [0.3, 0.4) is 0 Å². The van der Waals surface area contributed by atoms with Crippen molar-refractivity contribution in [1.29, 1.82) is 0 Å². The molecule has 1 aliphatic rings. The van der Waals surface area contributed by atoms with Gasteiger partial charge in [0, 0.05) is 23.6 Å². The van der Waals surface area contributed by atoms with Gasteiger partial charge in [0.1, 0.15) is 5.75 Å². The third kappa shape index (κ3) is 3.30. The maximum absolute atomic E-state index is 12.1. The van der Waals surface area contributed by atoms with Crippen LogP contribution in [0.4, 0.5) is 5.69 Å². The first-order valence-electron chi connectivity index (χ1n) is 7.78. The van der Waals surface area contributed by atoms with E-state index in [1.165, 1.54) is 12.0 Å². The highest BCUT2D eigenvalue weighted by Gasteiger charge is 2.25. The molecule has 1 fully saturated rings. The van der Waals surface area contributed by atoms with E-state index >= 15 is 0 Å². The van der Waals surface area contributed by atoms with Crippen LogP contribution in [0.5, 0.6) is 5.75 Å². The number of carbonyl (C=O) groups excluding carboxylic acids is 1. The second-order valence-electron chi connectivity index (χ2n) is 5.81. The van der Waals surface area contributed by atoms with Crippen LogP contribution < -0.4 is 10.1 Å². The summed E-state index contributed by atoms with van der Waals surface area (Å²) < 4.78 is 5.44. The monoisotopic (exact) mass is 295 g/mol. The van der Waals surface area contributed by atoms with E-state index in [1.54, 1.807) is 7.11 Å². The fraction of sp³-hybridized carbons (Fsp3) is 0.316. The average Bonchev–Trinajstić information content (AvgIpc) is 2.47. The van der Waals surface area contributed by atoms with Crippen molar-refractivity contribution >= 4 is 11.6 Å². The number of hydrogen-bond acceptors (Lipinski definition) is 2. The smallest absolute Gasteiger partial charge is 0.227 e. The van der Waals surface area contributed by atoms with Gasteiger partial charge < -0.3 is 10.1 Å². The van der Waals surface area contributed by atoms with E-state index in [0.717, 1.165) is 36.3 Å². The van der Waals surface area contributed by atoms with Gasteiger partial charge in [-0.3, -0.25) is 4.79 Å². The predicted molar refractivity (Wildman–Crippen MR) is 88.2 cm³/mol. The first-order chi connectivity index (χ1) is 10.8. The quantitative estimate of drug-likeness (QED) is 0.904. The molecule has 0 saturated heterocycles. The summed E-state index contributed by atoms with van der Waals surface area (Å²) in [5.41, 5.74) is 3.16. The van der Waals surface area contributed by atoms with Crippen molar-refractivity contribution in [2.45, 2.75) is 25.7 Å². The first-order valence-corrected chi connectivity index (χ1v) is 7.78. The van der Waals surface area contributed by atoms with Crippen molar-refractivity contribution in [3.63, 3.8) is 0 Å². The molecule has 1 amide bonds. The van der Waals surface area contributed by atoms with Crippen LogP contribution in [0, 0.1) is 5.92 Å². The van der Waals surface area contributed by atoms with Crippen molar-refractivity contribution in [2.24, 2.45) is 5.92 Å². The van der Waals surface area contributed by atoms with E-state index in [-0.39, 0.29) is 11.8 Å². The molecular formula is C19H21NO2. The maximum atomic E-state index is 12.1. The van der Waals surface area contributed by atoms with E-state index < -0.39 is 0 Å². The van der Waals surface area contributed by atoms with Crippen LogP contribution >= 0.6 is 0 Å². The zero-order chi connectivity index (χ0) is 15.4. The molecule has 1 aliphatic carbocycles. The Hall–Kier alpha value is -2.29. The van der Waals surface area contributed by atoms with Gasteiger partial charge in [0.05, 0.1) is 7.11 Å². The summed E-state index contributed by atoms with van der Waals surface area (Å²) in [7, 11) is 1.68. The summed E-state index contributed by atoms with van der Waals surface area (Å²) >= 11 is 0. The lowest BCUT2D eigenvalue weighted by Gasteiger charge is -2.24. The van der Waals surface area contributed by atoms with Gasteiger partial charge in [-0.05, 0) is 36.6 Å². The number of ether oxygens (including phenoxy) is 1. The molecular weight excluding hydrogens is 274 g/mol. The Kier molecular flexibility index (Phi) is 4.42. The summed E-state index contributed by atoms with van der Waals surface area (Å²) in [5.74, 6) is 1.19. The van der Waals surface area contributed by atoms with Crippen molar-refractivity contribution in [3.8, 4) is 5.75 Å². The van der Waals surface area contributed by atoms with Gasteiger partial charge in [-0.15, -0.1) is 0 Å². The lowest BCUT2D eigenvalue weighted by atomic mass is 9.85. The topological polar surface area (TPSA) is 38.3 Å². The van der Waals surface area contributed by atoms with Gasteiger partial charge in [-0.1, -0.05) is 36.8 Å². The van der Waals surface area contributed by atoms with Crippen LogP contribution in [0.2, 0.25) is 0 Å². The number of benzene rings is 2. The number of methoxy groups -OCH3 is 1. The Morgan fingerprint density at radius 3 is 2.59 bits per heavy atom. The number of hydrogen-bond donors (Lipinski definition) is 1. The zero-order valence-electron chi connectivity index (χ0n) is 12.8. The van der Waals surface area contributed by atoms with Crippen molar-refractivity contribution < 1.29 is 9.53 Å². The van der Waals surface area contributed by atoms with Gasteiger partial charge in [0.2, 0.25) is 5.91 Å². The fourth-order valence-electron chi connectivity index (χ4n) is 2.73. The molecule has 2 aromatic carbocycles. The molecule has 0 heterocycles. The molecule has 1 N–H and O–H groups in total. The summed E-state index contributed by atoms with van der Waals surface area (Å²) in [6.45, 7) is 0. The van der Waals surface area contributed by atoms with E-state index in [1.807, 2.05) is 36.4 Å². The number of rotatable bonds is 5. The molecule has 3 rings (SSSR count). The van der Waals surface area contributed by atoms with Crippen LogP contribution in [0.25, 0.3) is 0 Å². The molecule has 0 atom stereocenters. The Bertz CT molecular complexity index is 648. The fourth-order valence-corrected chi connectivity index (χ4v) is 2.73. The second kappa shape index (κ2) is 6.65. The highest BCUT2D eigenvalue weighted by atomic mass is 16.5. The first kappa shape index (κ1) is 14.6. The van der Waals surface area contributed by atoms with Crippen LogP contribution in [-0.4, -0.2) is 13.0 Å². The number of amides is 1. The molecule has 3 heteroatoms. The Morgan fingerprint density at radius 1 is 1.18 bits per heavy atom. The summed E-state index contributed by atoms with van der Waals surface area (Å²) in [5, 5.41) is 3.03. The largest absolute Gasteiger partial charge is 0.496 e. The highest BCUT2D eigenvalue weighted by Crippen LogP contribution is 2.29. The third-order valence-electron chi connectivity index (χ3n) is 4.26. The van der Waals surface area contributed by atoms with Crippen molar-refractivity contribution in [3.05, 3.63) is 59.7 Å². The molecule has 3 nitrogen and oxygen atoms in total. The molecule has 0 unspecified atom stereocenters. The van der Waals surface area contributed by atoms with Gasteiger partial charge in [-0.25, -0.2) is 0 Å². The van der Waals surface area contributed by atoms with E-state index in [2.05, 4.69) is 17.4 Å². The summed E-state index contributed by atoms with van der Waals surface area (Å²) in [6.07, 6.45) is 3.98. The molecule has 0 radical (unpaired) electrons. The maximum Gasteiger partial charge on any atom is 0.227 e. The van der Waals surface area contributed by atoms with Crippen LogP contribution in [0.15, 0.2) is 48.5 Å². The molecule has 0 aliphatic heterocycles. The van der Waals surface area contributed by atoms with Gasteiger partial charge in [0.25, 0.3) is 0 Å². The number of nitrogens with one attached hydrogen (secondary N) is 1. The summed E-state index contributed by atoms with van der Waals surface area (Å²) in [4.78, 5) is 12.1. The van der Waals surface area contributed by atoms with E-state index in [0.29, 0.717) is 0 Å². The Morgan fingerprint density at radius 2 is 1.95 bits per heavy atom. The van der Waals surface area contributed by atoms with E-state index in [9.17, 15) is 4.79 Å². The SMILES string of the molecule is COc1ccc(NC(=O)C2CCC2)cc1Cc1ccccc1. The molecule has 0 aromatic heterocycles. The van der Waals surface area contributed by atoms with Gasteiger partial charge >= 0.3 is 0 Å². The number of anilines is 1. The normalized spacial score (nSPS) is 14.2. The average molecular weight is 295 g/mol. The van der Waals surface area contributed by atoms with Crippen LogP contribution in [-0.2, 0) is 11.2 Å². The lowest BCUT2D eigenvalue weighted by Crippen LogP contribution is -2.28. The molecule has 22 heavy (non-hydrogen) atoms. The molecule has 0 spiro atoms. The highest BCUT2D eigenvalue weighted by molar-refractivity contribution is 5.93. The molecule has 0 bridgehead atoms. The van der Waals surface area contributed by atoms with Gasteiger partial charge in [-0.2, -0.15) is 0 Å². The summed E-state index contributed by atoms with van der Waals surface area (Å²) in [6, 6.07) is 16.1. The third-order valence-corrected chi connectivity index (χ3v) is 4.26. The minimum Gasteiger partial charge on any atom is -0.496 e. The second-order valence-corrected chi connectivity index (χ2v) is 5.81. The van der Waals surface area contributed by atoms with Gasteiger partial charge in [0.15, 0.2) is 0 Å². The standard InChI is InChI=1S/C19H21NO2/c1-22-18-11-10-17(20-19(21)15-8-5-9-15)13-16(18)12-14-6-3-2-4-7-14/h2-4,6-7,10-11,13,15H,5,8-9,12H2,1H3,(H,20,21). The van der Waals surface area contributed by atoms with Crippen molar-refractivity contribution in [2.75, 3.05) is 12.4 Å². The zero-order valence-corrected chi connectivity index (χ0v) is 12.8. The Labute approximate surface area is 131 Å². The lowest BCUT2D eigenvalue weighted by molar-refractivity contribution is -0.122. The molecule has 114 valence electrons. The predicted octanol–water partition coefficient (Wildman–Crippen LogP) is 4.02. The Balaban J connectivity index is 1.78. The minimum atomic E-state index is 0.141. The minimum absolute atomic E-state index is 0.141. The van der Waals surface area contributed by atoms with Crippen LogP contribution in [0.1, 0.15) is 30.4 Å².